The maximum Gasteiger partial charge on any atom is 0.138 e. The SMILES string of the molecule is COc1ccc(CC(CO)CC(=O)Cc2ccc(Cl)s2)cc1. The summed E-state index contributed by atoms with van der Waals surface area (Å²) in [4.78, 5) is 13.1. The fraction of sp³-hybridized carbons (Fsp3) is 0.353. The highest BCUT2D eigenvalue weighted by atomic mass is 35.5. The molecule has 0 saturated carbocycles. The number of aliphatic hydroxyl groups excluding tert-OH is 1. The molecule has 1 aromatic carbocycles. The van der Waals surface area contributed by atoms with Crippen LogP contribution in [0.3, 0.4) is 0 Å². The summed E-state index contributed by atoms with van der Waals surface area (Å²) >= 11 is 7.29. The quantitative estimate of drug-likeness (QED) is 0.797. The van der Waals surface area contributed by atoms with Crippen molar-refractivity contribution in [3.05, 3.63) is 51.2 Å². The van der Waals surface area contributed by atoms with Crippen LogP contribution in [0, 0.1) is 5.92 Å². The minimum Gasteiger partial charge on any atom is -0.497 e. The standard InChI is InChI=1S/C17H19ClO3S/c1-21-15-4-2-12(3-5-15)8-13(11-19)9-14(20)10-16-6-7-17(18)22-16/h2-7,13,19H,8-11H2,1H3. The topological polar surface area (TPSA) is 46.5 Å². The molecule has 0 spiro atoms. The smallest absolute Gasteiger partial charge is 0.138 e. The maximum absolute atomic E-state index is 12.1. The number of rotatable bonds is 8. The number of aliphatic hydroxyl groups is 1. The minimum atomic E-state index is -0.0590. The summed E-state index contributed by atoms with van der Waals surface area (Å²) in [5.41, 5.74) is 1.09. The van der Waals surface area contributed by atoms with Gasteiger partial charge in [-0.3, -0.25) is 4.79 Å². The first-order valence-electron chi connectivity index (χ1n) is 7.10. The lowest BCUT2D eigenvalue weighted by molar-refractivity contribution is -0.119. The molecule has 0 aliphatic rings. The fourth-order valence-corrected chi connectivity index (χ4v) is 3.45. The van der Waals surface area contributed by atoms with E-state index >= 15 is 0 Å². The predicted molar refractivity (Wildman–Crippen MR) is 89.9 cm³/mol. The largest absolute Gasteiger partial charge is 0.497 e. The van der Waals surface area contributed by atoms with Gasteiger partial charge in [-0.1, -0.05) is 23.7 Å². The van der Waals surface area contributed by atoms with Crippen molar-refractivity contribution >= 4 is 28.7 Å². The Balaban J connectivity index is 1.89. The van der Waals surface area contributed by atoms with Crippen LogP contribution in [0.2, 0.25) is 4.34 Å². The lowest BCUT2D eigenvalue weighted by Gasteiger charge is -2.13. The summed E-state index contributed by atoms with van der Waals surface area (Å²) in [7, 11) is 1.63. The summed E-state index contributed by atoms with van der Waals surface area (Å²) in [5.74, 6) is 0.873. The number of benzene rings is 1. The van der Waals surface area contributed by atoms with Gasteiger partial charge in [0.25, 0.3) is 0 Å². The van der Waals surface area contributed by atoms with Gasteiger partial charge in [-0.15, -0.1) is 11.3 Å². The Kier molecular flexibility index (Phi) is 6.43. The minimum absolute atomic E-state index is 0.00294. The molecule has 1 unspecified atom stereocenters. The number of hydrogen-bond acceptors (Lipinski definition) is 4. The zero-order valence-corrected chi connectivity index (χ0v) is 14.0. The Morgan fingerprint density at radius 2 is 2.00 bits per heavy atom. The van der Waals surface area contributed by atoms with Gasteiger partial charge in [0, 0.05) is 24.3 Å². The van der Waals surface area contributed by atoms with Gasteiger partial charge >= 0.3 is 0 Å². The predicted octanol–water partition coefficient (Wildman–Crippen LogP) is 3.76. The molecule has 1 heterocycles. The van der Waals surface area contributed by atoms with Crippen molar-refractivity contribution in [3.63, 3.8) is 0 Å². The highest BCUT2D eigenvalue weighted by Crippen LogP contribution is 2.23. The third-order valence-electron chi connectivity index (χ3n) is 3.46. The number of carbonyl (C=O) groups excluding carboxylic acids is 1. The van der Waals surface area contributed by atoms with Crippen LogP contribution in [0.4, 0.5) is 0 Å². The molecule has 0 radical (unpaired) electrons. The van der Waals surface area contributed by atoms with Crippen LogP contribution in [0.1, 0.15) is 16.9 Å². The van der Waals surface area contributed by atoms with Crippen molar-refractivity contribution in [2.75, 3.05) is 13.7 Å². The van der Waals surface area contributed by atoms with Crippen LogP contribution in [0.25, 0.3) is 0 Å². The van der Waals surface area contributed by atoms with E-state index in [4.69, 9.17) is 16.3 Å². The number of ether oxygens (including phenoxy) is 1. The van der Waals surface area contributed by atoms with E-state index in [0.29, 0.717) is 23.6 Å². The van der Waals surface area contributed by atoms with Crippen LogP contribution >= 0.6 is 22.9 Å². The third kappa shape index (κ3) is 5.13. The normalized spacial score (nSPS) is 12.1. The van der Waals surface area contributed by atoms with E-state index in [9.17, 15) is 9.90 Å². The molecule has 0 aliphatic carbocycles. The van der Waals surface area contributed by atoms with E-state index < -0.39 is 0 Å². The van der Waals surface area contributed by atoms with Crippen molar-refractivity contribution in [1.82, 2.24) is 0 Å². The molecule has 0 saturated heterocycles. The molecule has 22 heavy (non-hydrogen) atoms. The number of ketones is 1. The second-order valence-corrected chi connectivity index (χ2v) is 7.03. The van der Waals surface area contributed by atoms with E-state index in [1.807, 2.05) is 30.3 Å². The summed E-state index contributed by atoms with van der Waals surface area (Å²) in [6, 6.07) is 11.4. The number of halogens is 1. The number of methoxy groups -OCH3 is 1. The number of thiophene rings is 1. The Labute approximate surface area is 139 Å². The summed E-state index contributed by atoms with van der Waals surface area (Å²) in [6.07, 6.45) is 1.44. The summed E-state index contributed by atoms with van der Waals surface area (Å²) < 4.78 is 5.81. The monoisotopic (exact) mass is 338 g/mol. The molecule has 1 aromatic heterocycles. The van der Waals surface area contributed by atoms with Gasteiger partial charge in [0.2, 0.25) is 0 Å². The Morgan fingerprint density at radius 1 is 1.27 bits per heavy atom. The van der Waals surface area contributed by atoms with E-state index in [1.54, 1.807) is 13.2 Å². The maximum atomic E-state index is 12.1. The van der Waals surface area contributed by atoms with Crippen LogP contribution in [0.5, 0.6) is 5.75 Å². The van der Waals surface area contributed by atoms with E-state index in [1.165, 1.54) is 11.3 Å². The van der Waals surface area contributed by atoms with Crippen LogP contribution in [0.15, 0.2) is 36.4 Å². The molecule has 0 fully saturated rings. The van der Waals surface area contributed by atoms with Crippen LogP contribution in [-0.4, -0.2) is 24.6 Å². The molecule has 2 aromatic rings. The second-order valence-electron chi connectivity index (χ2n) is 5.23. The molecule has 0 amide bonds. The van der Waals surface area contributed by atoms with Gasteiger partial charge in [-0.2, -0.15) is 0 Å². The van der Waals surface area contributed by atoms with E-state index in [-0.39, 0.29) is 18.3 Å². The lowest BCUT2D eigenvalue weighted by atomic mass is 9.94. The molecule has 1 N–H and O–H groups in total. The Bertz CT molecular complexity index is 607. The van der Waals surface area contributed by atoms with E-state index in [0.717, 1.165) is 16.2 Å². The summed E-state index contributed by atoms with van der Waals surface area (Å²) in [6.45, 7) is 0.00294. The van der Waals surface area contributed by atoms with Gasteiger partial charge in [-0.05, 0) is 42.2 Å². The molecule has 3 nitrogen and oxygen atoms in total. The first kappa shape index (κ1) is 17.0. The highest BCUT2D eigenvalue weighted by Gasteiger charge is 2.15. The van der Waals surface area contributed by atoms with Crippen LogP contribution in [-0.2, 0) is 17.6 Å². The summed E-state index contributed by atoms with van der Waals surface area (Å²) in [5, 5.41) is 9.51. The van der Waals surface area contributed by atoms with Crippen molar-refractivity contribution in [3.8, 4) is 5.75 Å². The molecule has 2 rings (SSSR count). The van der Waals surface area contributed by atoms with Crippen molar-refractivity contribution in [1.29, 1.82) is 0 Å². The Morgan fingerprint density at radius 3 is 2.55 bits per heavy atom. The lowest BCUT2D eigenvalue weighted by Crippen LogP contribution is -2.16. The van der Waals surface area contributed by atoms with E-state index in [2.05, 4.69) is 0 Å². The van der Waals surface area contributed by atoms with Crippen LogP contribution < -0.4 is 4.74 Å². The average Bonchev–Trinajstić information content (AvgIpc) is 2.92. The van der Waals surface area contributed by atoms with Gasteiger partial charge in [0.05, 0.1) is 11.4 Å². The van der Waals surface area contributed by atoms with Gasteiger partial charge < -0.3 is 9.84 Å². The van der Waals surface area contributed by atoms with Gasteiger partial charge in [0.1, 0.15) is 11.5 Å². The van der Waals surface area contributed by atoms with Gasteiger partial charge in [0.15, 0.2) is 0 Å². The molecule has 0 aliphatic heterocycles. The molecule has 118 valence electrons. The highest BCUT2D eigenvalue weighted by molar-refractivity contribution is 7.16. The molecular weight excluding hydrogens is 320 g/mol. The molecule has 0 bridgehead atoms. The van der Waals surface area contributed by atoms with Crippen molar-refractivity contribution in [2.45, 2.75) is 19.3 Å². The zero-order valence-electron chi connectivity index (χ0n) is 12.4. The van der Waals surface area contributed by atoms with Gasteiger partial charge in [-0.25, -0.2) is 0 Å². The van der Waals surface area contributed by atoms with Crippen molar-refractivity contribution < 1.29 is 14.6 Å². The van der Waals surface area contributed by atoms with Crippen molar-refractivity contribution in [2.24, 2.45) is 5.92 Å². The number of carbonyl (C=O) groups is 1. The number of Topliss-reactive ketones (excluding diaryl/α,β-unsaturated/α-hetero) is 1. The number of hydrogen-bond donors (Lipinski definition) is 1. The molecule has 5 heteroatoms. The first-order valence-corrected chi connectivity index (χ1v) is 8.30. The second kappa shape index (κ2) is 8.32. The molecular formula is C17H19ClO3S. The average molecular weight is 339 g/mol. The zero-order chi connectivity index (χ0) is 15.9. The first-order chi connectivity index (χ1) is 10.6. The molecule has 1 atom stereocenters. The third-order valence-corrected chi connectivity index (χ3v) is 4.69. The fourth-order valence-electron chi connectivity index (χ4n) is 2.33. The Hall–Kier alpha value is -1.36.